The topological polar surface area (TPSA) is 0 Å². The first-order valence-electron chi connectivity index (χ1n) is 34.5. The highest BCUT2D eigenvalue weighted by atomic mass is 14.5. The van der Waals surface area contributed by atoms with Crippen molar-refractivity contribution in [1.82, 2.24) is 0 Å². The maximum absolute atomic E-state index is 4.17. The monoisotopic (exact) mass is 991 g/mol. The van der Waals surface area contributed by atoms with Crippen LogP contribution in [0.2, 0.25) is 0 Å². The van der Waals surface area contributed by atoms with E-state index in [0.717, 1.165) is 112 Å². The third-order valence-corrected chi connectivity index (χ3v) is 24.8. The summed E-state index contributed by atoms with van der Waals surface area (Å²) in [7, 11) is 0. The van der Waals surface area contributed by atoms with E-state index in [0.29, 0.717) is 0 Å². The first kappa shape index (κ1) is 57.6. The number of fused-ring (bicyclic) bond motifs is 6. The Labute approximate surface area is 451 Å². The van der Waals surface area contributed by atoms with Gasteiger partial charge in [-0.2, -0.15) is 0 Å². The smallest absolute Gasteiger partial charge is 0.0144 e. The van der Waals surface area contributed by atoms with Crippen LogP contribution >= 0.6 is 0 Å². The van der Waals surface area contributed by atoms with Crippen LogP contribution in [0.4, 0.5) is 0 Å². The highest BCUT2D eigenvalue weighted by Crippen LogP contribution is 2.58. The van der Waals surface area contributed by atoms with E-state index in [9.17, 15) is 0 Å². The molecule has 9 fully saturated rings. The highest BCUT2D eigenvalue weighted by Gasteiger charge is 2.47. The van der Waals surface area contributed by atoms with Crippen molar-refractivity contribution in [2.45, 2.75) is 318 Å². The second-order valence-electron chi connectivity index (χ2n) is 29.5. The summed E-state index contributed by atoms with van der Waals surface area (Å²) in [5.41, 5.74) is 4.01. The van der Waals surface area contributed by atoms with E-state index in [1.807, 2.05) is 11.1 Å². The molecule has 0 heteroatoms. The zero-order valence-electron chi connectivity index (χ0n) is 49.7. The van der Waals surface area contributed by atoms with Crippen molar-refractivity contribution < 1.29 is 0 Å². The summed E-state index contributed by atoms with van der Waals surface area (Å²) in [5.74, 6) is 18.6. The molecule has 0 radical (unpaired) electrons. The van der Waals surface area contributed by atoms with Crippen molar-refractivity contribution in [2.24, 2.45) is 112 Å². The lowest BCUT2D eigenvalue weighted by Crippen LogP contribution is -2.43. The Morgan fingerprint density at radius 3 is 1.89 bits per heavy atom. The fourth-order valence-electron chi connectivity index (χ4n) is 20.4. The molecule has 0 aromatic rings. The molecule has 17 atom stereocenters. The van der Waals surface area contributed by atoms with E-state index in [4.69, 9.17) is 0 Å². The molecular formula is C72H126. The molecule has 10 rings (SSSR count). The summed E-state index contributed by atoms with van der Waals surface area (Å²) >= 11 is 0. The summed E-state index contributed by atoms with van der Waals surface area (Å²) in [6.45, 7) is 20.1. The molecule has 9 saturated carbocycles. The van der Waals surface area contributed by atoms with Crippen molar-refractivity contribution in [3.05, 3.63) is 23.8 Å². The lowest BCUT2D eigenvalue weighted by Gasteiger charge is -2.52. The Hall–Kier alpha value is -0.520. The van der Waals surface area contributed by atoms with Gasteiger partial charge in [-0.25, -0.2) is 0 Å². The van der Waals surface area contributed by atoms with Crippen LogP contribution in [-0.2, 0) is 0 Å². The molecule has 10 aliphatic rings. The summed E-state index contributed by atoms with van der Waals surface area (Å²) < 4.78 is 0. The Morgan fingerprint density at radius 1 is 0.514 bits per heavy atom. The fraction of sp³-hybridized carbons (Fsp3) is 0.944. The second-order valence-corrected chi connectivity index (χ2v) is 29.5. The third kappa shape index (κ3) is 16.3. The van der Waals surface area contributed by atoms with Crippen molar-refractivity contribution >= 4 is 0 Å². The molecule has 0 spiro atoms. The van der Waals surface area contributed by atoms with Gasteiger partial charge in [-0.15, -0.1) is 6.58 Å². The predicted octanol–water partition coefficient (Wildman–Crippen LogP) is 23.2. The maximum Gasteiger partial charge on any atom is -0.0144 e. The highest BCUT2D eigenvalue weighted by molar-refractivity contribution is 5.26. The molecule has 0 amide bonds. The molecule has 0 aromatic carbocycles. The van der Waals surface area contributed by atoms with Gasteiger partial charge < -0.3 is 0 Å². The second kappa shape index (κ2) is 30.0. The third-order valence-electron chi connectivity index (χ3n) is 24.8. The van der Waals surface area contributed by atoms with Crippen LogP contribution in [0.25, 0.3) is 0 Å². The molecular weight excluding hydrogens is 865 g/mol. The average Bonchev–Trinajstić information content (AvgIpc) is 4.29. The molecule has 414 valence electrons. The first-order chi connectivity index (χ1) is 35.2. The van der Waals surface area contributed by atoms with Gasteiger partial charge in [-0.1, -0.05) is 238 Å². The van der Waals surface area contributed by atoms with Gasteiger partial charge in [0.2, 0.25) is 0 Å². The number of hydrogen-bond acceptors (Lipinski definition) is 0. The van der Waals surface area contributed by atoms with E-state index in [2.05, 4.69) is 54.2 Å². The van der Waals surface area contributed by atoms with Gasteiger partial charge in [0, 0.05) is 0 Å². The van der Waals surface area contributed by atoms with Crippen LogP contribution in [0.5, 0.6) is 0 Å². The molecule has 0 N–H and O–H groups in total. The summed E-state index contributed by atoms with van der Waals surface area (Å²) in [4.78, 5) is 0. The zero-order valence-corrected chi connectivity index (χ0v) is 49.7. The summed E-state index contributed by atoms with van der Waals surface area (Å²) in [6.07, 6.45) is 67.5. The van der Waals surface area contributed by atoms with Crippen LogP contribution in [0.1, 0.15) is 318 Å². The zero-order chi connectivity index (χ0) is 50.2. The number of hydrogen-bond donors (Lipinski definition) is 0. The standard InChI is InChI=1S/C69H120.C3H6/c1-8-22-57-29-16-17-33-64(57)51(6)26-14-15-27-55(10-3)62-46-61(47-63(48-62)59-32-21-31-58(45-59)56-28-13-11-12-24-49(4)25-20-30-56)50(5)36-43-67-65(23-9-2)52(7)69(68-35-19-18-34-66(67)68)60-42-41-53-37-39-54(44-60)40-38-53;1-2-3-1/h8,49-51,53-64,66-69H,1,9-48H2,2-7H3;1-3H2. The van der Waals surface area contributed by atoms with Gasteiger partial charge in [0.15, 0.2) is 0 Å². The molecule has 17 unspecified atom stereocenters. The molecule has 0 saturated heterocycles. The number of unbranched alkanes of at least 4 members (excludes halogenated alkanes) is 1. The van der Waals surface area contributed by atoms with Crippen molar-refractivity contribution in [1.29, 1.82) is 0 Å². The lowest BCUT2D eigenvalue weighted by molar-refractivity contribution is 0.0354. The average molecular weight is 992 g/mol. The van der Waals surface area contributed by atoms with Gasteiger partial charge in [-0.05, 0) is 209 Å². The van der Waals surface area contributed by atoms with E-state index < -0.39 is 0 Å². The molecule has 0 nitrogen and oxygen atoms in total. The van der Waals surface area contributed by atoms with Crippen LogP contribution in [0, 0.1) is 112 Å². The molecule has 0 aliphatic heterocycles. The molecule has 2 bridgehead atoms. The van der Waals surface area contributed by atoms with Gasteiger partial charge in [0.05, 0.1) is 0 Å². The van der Waals surface area contributed by atoms with Gasteiger partial charge in [-0.3, -0.25) is 0 Å². The lowest BCUT2D eigenvalue weighted by atomic mass is 9.53. The Morgan fingerprint density at radius 2 is 1.12 bits per heavy atom. The van der Waals surface area contributed by atoms with Gasteiger partial charge >= 0.3 is 0 Å². The summed E-state index contributed by atoms with van der Waals surface area (Å²) in [6, 6.07) is 0. The molecule has 0 aromatic heterocycles. The van der Waals surface area contributed by atoms with Crippen LogP contribution in [0.15, 0.2) is 23.8 Å². The predicted molar refractivity (Wildman–Crippen MR) is 316 cm³/mol. The first-order valence-corrected chi connectivity index (χ1v) is 34.5. The van der Waals surface area contributed by atoms with Crippen LogP contribution < -0.4 is 0 Å². The quantitative estimate of drug-likeness (QED) is 0.0894. The molecule has 72 heavy (non-hydrogen) atoms. The van der Waals surface area contributed by atoms with Crippen LogP contribution in [-0.4, -0.2) is 0 Å². The van der Waals surface area contributed by atoms with Crippen LogP contribution in [0.3, 0.4) is 0 Å². The maximum atomic E-state index is 4.17. The Bertz CT molecular complexity index is 1540. The minimum atomic E-state index is 0.899. The Balaban J connectivity index is 0.00000223. The molecule has 0 heterocycles. The van der Waals surface area contributed by atoms with Crippen molar-refractivity contribution in [3.8, 4) is 0 Å². The SMILES string of the molecule is C1CC1.C=CCC1CCCCC1C(C)CCCCC(CC)C1CC(C(C)CCC2C(CCC)=C(C)C(C3CCC4CCC(CC4)C3)C3CCCCC23)CC(C2CCCC(C3CCCCCC(C)CCC3)C2)C1. The normalized spacial score (nSPS) is 40.3. The van der Waals surface area contributed by atoms with Crippen molar-refractivity contribution in [3.63, 3.8) is 0 Å². The van der Waals surface area contributed by atoms with Crippen molar-refractivity contribution in [2.75, 3.05) is 0 Å². The Kier molecular flexibility index (Phi) is 24.0. The molecule has 10 aliphatic carbocycles. The minimum absolute atomic E-state index is 0.899. The number of allylic oxidation sites excluding steroid dienone is 3. The summed E-state index contributed by atoms with van der Waals surface area (Å²) in [5, 5.41) is 0. The van der Waals surface area contributed by atoms with E-state index in [1.165, 1.54) is 161 Å². The van der Waals surface area contributed by atoms with E-state index >= 15 is 0 Å². The fourth-order valence-corrected chi connectivity index (χ4v) is 20.4. The van der Waals surface area contributed by atoms with E-state index in [-0.39, 0.29) is 0 Å². The van der Waals surface area contributed by atoms with Gasteiger partial charge in [0.1, 0.15) is 0 Å². The largest absolute Gasteiger partial charge is 0.103 e. The van der Waals surface area contributed by atoms with E-state index in [1.54, 1.807) is 116 Å². The minimum Gasteiger partial charge on any atom is -0.103 e. The van der Waals surface area contributed by atoms with Gasteiger partial charge in [0.25, 0.3) is 0 Å². The number of rotatable bonds is 19.